The molecule has 4 aliphatic heterocycles. The first-order chi connectivity index (χ1) is 26.7. The van der Waals surface area contributed by atoms with E-state index in [1.807, 2.05) is 60.7 Å². The maximum Gasteiger partial charge on any atom is 0.184 e. The van der Waals surface area contributed by atoms with Gasteiger partial charge in [-0.05, 0) is 69.4 Å². The van der Waals surface area contributed by atoms with Crippen LogP contribution in [-0.4, -0.2) is 63.1 Å². The average molecular weight is 861 g/mol. The van der Waals surface area contributed by atoms with Crippen LogP contribution in [0.1, 0.15) is 75.1 Å². The van der Waals surface area contributed by atoms with Gasteiger partial charge in [-0.2, -0.15) is 0 Å². The number of rotatable bonds is 12. The highest BCUT2D eigenvalue weighted by molar-refractivity contribution is 9.12. The lowest BCUT2D eigenvalue weighted by atomic mass is 10.0. The lowest BCUT2D eigenvalue weighted by Gasteiger charge is -2.41. The normalized spacial score (nSPS) is 26.7. The number of halogens is 2. The molecule has 2 saturated heterocycles. The lowest BCUT2D eigenvalue weighted by Crippen LogP contribution is -2.51. The summed E-state index contributed by atoms with van der Waals surface area (Å²) in [5.41, 5.74) is 1.93. The van der Waals surface area contributed by atoms with Crippen molar-refractivity contribution < 1.29 is 37.9 Å². The van der Waals surface area contributed by atoms with E-state index in [1.165, 1.54) is 0 Å². The van der Waals surface area contributed by atoms with E-state index in [2.05, 4.69) is 79.2 Å². The third-order valence-electron chi connectivity index (χ3n) is 8.98. The van der Waals surface area contributed by atoms with Gasteiger partial charge < -0.3 is 37.9 Å². The fourth-order valence-electron chi connectivity index (χ4n) is 6.14. The van der Waals surface area contributed by atoms with Crippen LogP contribution >= 0.6 is 31.9 Å². The van der Waals surface area contributed by atoms with Crippen LogP contribution < -0.4 is 0 Å². The van der Waals surface area contributed by atoms with Crippen molar-refractivity contribution in [2.75, 3.05) is 26.4 Å². The predicted octanol–water partition coefficient (Wildman–Crippen LogP) is 8.39. The predicted molar refractivity (Wildman–Crippen MR) is 211 cm³/mol. The van der Waals surface area contributed by atoms with Crippen LogP contribution in [-0.2, 0) is 37.9 Å². The maximum atomic E-state index is 6.26. The van der Waals surface area contributed by atoms with Gasteiger partial charge in [0.05, 0.1) is 34.7 Å². The Morgan fingerprint density at radius 1 is 0.537 bits per heavy atom. The first-order valence-corrected chi connectivity index (χ1v) is 20.0. The molecule has 0 radical (unpaired) electrons. The van der Waals surface area contributed by atoms with Crippen molar-refractivity contribution in [1.29, 1.82) is 0 Å². The molecule has 8 atom stereocenters. The van der Waals surface area contributed by atoms with Crippen LogP contribution in [0.3, 0.4) is 0 Å². The van der Waals surface area contributed by atoms with Crippen molar-refractivity contribution in [3.05, 3.63) is 93.3 Å². The molecule has 0 spiro atoms. The number of ether oxygens (including phenoxy) is 8. The first-order valence-electron chi connectivity index (χ1n) is 18.4. The van der Waals surface area contributed by atoms with Gasteiger partial charge in [0.2, 0.25) is 0 Å². The van der Waals surface area contributed by atoms with Crippen LogP contribution in [0.25, 0.3) is 0 Å². The largest absolute Gasteiger partial charge is 0.492 e. The van der Waals surface area contributed by atoms with E-state index in [1.54, 1.807) is 12.5 Å². The molecule has 4 aliphatic rings. The molecule has 0 aliphatic carbocycles. The number of benzene rings is 2. The molecule has 2 aromatic carbocycles. The van der Waals surface area contributed by atoms with E-state index in [4.69, 9.17) is 37.9 Å². The Morgan fingerprint density at radius 3 is 1.37 bits per heavy atom. The first kappa shape index (κ1) is 40.2. The van der Waals surface area contributed by atoms with Gasteiger partial charge in [-0.1, -0.05) is 84.3 Å². The Hall–Kier alpha value is -3.52. The lowest BCUT2D eigenvalue weighted by molar-refractivity contribution is -0.279. The number of fused-ring (bicyclic) bond motifs is 2. The molecule has 2 fully saturated rings. The van der Waals surface area contributed by atoms with E-state index in [0.29, 0.717) is 26.4 Å². The molecule has 0 unspecified atom stereocenters. The summed E-state index contributed by atoms with van der Waals surface area (Å²) in [6.07, 6.45) is 7.89. The number of hydrogen-bond acceptors (Lipinski definition) is 8. The summed E-state index contributed by atoms with van der Waals surface area (Å²) in [4.78, 5) is 0. The molecule has 0 saturated carbocycles. The standard InChI is InChI=1S/C44H44Br2O8/c45-35-29-49-37-31-51-43(33-23-17-15-18-24-33)53-41(37)39(35)47-27-21-13-11-9-7-5-3-1-2-4-6-8-10-12-14-22-28-48-40-36(46)30-50-38-32-52-44(54-42(38)40)34-25-19-16-20-26-34/h15-20,23-26,29-30,37-44H,5-12,27-28,31-32H2/t37-,38-,39-,40-,41-,42-,43-,44-/m1/s1. The fraction of sp³-hybridized carbons (Fsp3) is 0.455. The van der Waals surface area contributed by atoms with Gasteiger partial charge in [0.15, 0.2) is 24.8 Å². The zero-order valence-electron chi connectivity index (χ0n) is 30.1. The Kier molecular flexibility index (Phi) is 16.5. The number of hydrogen-bond donors (Lipinski definition) is 0. The topological polar surface area (TPSA) is 73.8 Å². The summed E-state index contributed by atoms with van der Waals surface area (Å²) in [6, 6.07) is 19.8. The molecule has 4 heterocycles. The molecular formula is C44H44Br2O8. The highest BCUT2D eigenvalue weighted by Gasteiger charge is 2.44. The summed E-state index contributed by atoms with van der Waals surface area (Å²) in [7, 11) is 0. The fourth-order valence-corrected chi connectivity index (χ4v) is 7.14. The van der Waals surface area contributed by atoms with E-state index in [9.17, 15) is 0 Å². The van der Waals surface area contributed by atoms with Gasteiger partial charge in [0.1, 0.15) is 37.6 Å². The quantitative estimate of drug-likeness (QED) is 0.156. The molecule has 0 N–H and O–H groups in total. The van der Waals surface area contributed by atoms with Gasteiger partial charge in [0, 0.05) is 36.8 Å². The van der Waals surface area contributed by atoms with Crippen molar-refractivity contribution in [3.8, 4) is 47.4 Å². The van der Waals surface area contributed by atoms with Crippen LogP contribution in [0.5, 0.6) is 0 Å². The smallest absolute Gasteiger partial charge is 0.184 e. The number of unbranched alkanes of at least 4 members (excludes halogenated alkanes) is 6. The van der Waals surface area contributed by atoms with Gasteiger partial charge in [-0.25, -0.2) is 0 Å². The molecule has 6 rings (SSSR count). The Balaban J connectivity index is 0.788. The van der Waals surface area contributed by atoms with Crippen LogP contribution in [0.15, 0.2) is 82.2 Å². The molecule has 0 amide bonds. The van der Waals surface area contributed by atoms with E-state index >= 15 is 0 Å². The minimum absolute atomic E-state index is 0.232. The Labute approximate surface area is 335 Å². The van der Waals surface area contributed by atoms with Gasteiger partial charge >= 0.3 is 0 Å². The molecule has 0 bridgehead atoms. The molecule has 2 aromatic rings. The third kappa shape index (κ3) is 12.0. The van der Waals surface area contributed by atoms with E-state index in [0.717, 1.165) is 71.5 Å². The molecule has 0 aromatic heterocycles. The maximum absolute atomic E-state index is 6.26. The van der Waals surface area contributed by atoms with Crippen molar-refractivity contribution in [3.63, 3.8) is 0 Å². The second-order valence-electron chi connectivity index (χ2n) is 12.9. The van der Waals surface area contributed by atoms with E-state index in [-0.39, 0.29) is 36.6 Å². The van der Waals surface area contributed by atoms with Gasteiger partial charge in [-0.15, -0.1) is 11.8 Å². The van der Waals surface area contributed by atoms with Crippen molar-refractivity contribution in [2.45, 2.75) is 101 Å². The summed E-state index contributed by atoms with van der Waals surface area (Å²) < 4.78 is 49.7. The molecular weight excluding hydrogens is 816 g/mol. The van der Waals surface area contributed by atoms with Crippen LogP contribution in [0.2, 0.25) is 0 Å². The second-order valence-corrected chi connectivity index (χ2v) is 14.7. The van der Waals surface area contributed by atoms with Crippen LogP contribution in [0.4, 0.5) is 0 Å². The van der Waals surface area contributed by atoms with Gasteiger partial charge in [0.25, 0.3) is 0 Å². The average Bonchev–Trinajstić information content (AvgIpc) is 3.21. The van der Waals surface area contributed by atoms with Crippen molar-refractivity contribution >= 4 is 31.9 Å². The molecule has 282 valence electrons. The monoisotopic (exact) mass is 858 g/mol. The summed E-state index contributed by atoms with van der Waals surface area (Å²) in [5.74, 6) is 24.9. The SMILES string of the molecule is BrC1=CO[C@@H]2CO[C@@H](c3ccccc3)O[C@H]2[C@@H]1OCC#CCCCCC#CC#CCCCCC#CCO[C@@H]1C(Br)=CO[C@@H]2CO[C@@H](c3ccccc3)O[C@@H]12. The Morgan fingerprint density at radius 2 is 0.944 bits per heavy atom. The summed E-state index contributed by atoms with van der Waals surface area (Å²) in [6.45, 7) is 1.47. The molecule has 8 nitrogen and oxygen atoms in total. The van der Waals surface area contributed by atoms with Gasteiger partial charge in [-0.3, -0.25) is 0 Å². The van der Waals surface area contributed by atoms with Crippen molar-refractivity contribution in [2.24, 2.45) is 0 Å². The minimum Gasteiger partial charge on any atom is -0.492 e. The summed E-state index contributed by atoms with van der Waals surface area (Å²) >= 11 is 7.15. The van der Waals surface area contributed by atoms with Crippen molar-refractivity contribution in [1.82, 2.24) is 0 Å². The van der Waals surface area contributed by atoms with Crippen LogP contribution in [0, 0.1) is 47.4 Å². The highest BCUT2D eigenvalue weighted by atomic mass is 79.9. The summed E-state index contributed by atoms with van der Waals surface area (Å²) in [5, 5.41) is 0. The Bertz CT molecular complexity index is 1670. The minimum atomic E-state index is -0.457. The second kappa shape index (κ2) is 22.1. The zero-order valence-corrected chi connectivity index (χ0v) is 33.2. The zero-order chi connectivity index (χ0) is 37.2. The third-order valence-corrected chi connectivity index (χ3v) is 10.3. The molecule has 54 heavy (non-hydrogen) atoms. The molecule has 10 heteroatoms. The highest BCUT2D eigenvalue weighted by Crippen LogP contribution is 2.37. The van der Waals surface area contributed by atoms with E-state index < -0.39 is 12.6 Å².